The number of carbonyl (C=O) groups is 1. The fraction of sp³-hybridized carbons (Fsp3) is 0.350. The van der Waals surface area contributed by atoms with E-state index in [1.807, 2.05) is 33.8 Å². The quantitative estimate of drug-likeness (QED) is 0.700. The van der Waals surface area contributed by atoms with Gasteiger partial charge in [-0.1, -0.05) is 26.0 Å². The van der Waals surface area contributed by atoms with E-state index < -0.39 is 10.0 Å². The molecule has 7 heteroatoms. The number of furan rings is 1. The van der Waals surface area contributed by atoms with Crippen LogP contribution in [0.4, 0.5) is 0 Å². The molecule has 0 aliphatic carbocycles. The number of aryl methyl sites for hydroxylation is 1. The van der Waals surface area contributed by atoms with E-state index in [1.165, 1.54) is 10.4 Å². The van der Waals surface area contributed by atoms with Crippen LogP contribution in [0.2, 0.25) is 0 Å². The van der Waals surface area contributed by atoms with Gasteiger partial charge in [0.25, 0.3) is 0 Å². The van der Waals surface area contributed by atoms with E-state index in [9.17, 15) is 13.2 Å². The van der Waals surface area contributed by atoms with Gasteiger partial charge in [0, 0.05) is 19.2 Å². The summed E-state index contributed by atoms with van der Waals surface area (Å²) >= 11 is 0. The van der Waals surface area contributed by atoms with Crippen LogP contribution in [0, 0.1) is 6.92 Å². The molecule has 0 aliphatic heterocycles. The molecule has 1 N–H and O–H groups in total. The van der Waals surface area contributed by atoms with Crippen molar-refractivity contribution in [1.29, 1.82) is 0 Å². The number of nitrogens with one attached hydrogen (secondary N) is 1. The lowest BCUT2D eigenvalue weighted by molar-refractivity contribution is -0.117. The average molecular weight is 391 g/mol. The number of hydrogen-bond acceptors (Lipinski definition) is 4. The summed E-state index contributed by atoms with van der Waals surface area (Å²) in [6.45, 7) is 8.15. The van der Waals surface area contributed by atoms with E-state index in [2.05, 4.69) is 5.32 Å². The summed E-state index contributed by atoms with van der Waals surface area (Å²) in [5.74, 6) is 1.14. The highest BCUT2D eigenvalue weighted by Crippen LogP contribution is 2.19. The normalized spacial score (nSPS) is 13.2. The van der Waals surface area contributed by atoms with E-state index >= 15 is 0 Å². The minimum atomic E-state index is -3.48. The number of sulfonamides is 1. The molecule has 1 amide bonds. The van der Waals surface area contributed by atoms with Crippen molar-refractivity contribution in [3.05, 3.63) is 59.6 Å². The zero-order valence-electron chi connectivity index (χ0n) is 16.1. The highest BCUT2D eigenvalue weighted by Gasteiger charge is 2.21. The molecule has 27 heavy (non-hydrogen) atoms. The van der Waals surface area contributed by atoms with Crippen LogP contribution in [0.5, 0.6) is 0 Å². The van der Waals surface area contributed by atoms with Gasteiger partial charge in [-0.05, 0) is 49.8 Å². The molecule has 0 saturated carbocycles. The second kappa shape index (κ2) is 9.01. The fourth-order valence-electron chi connectivity index (χ4n) is 2.69. The van der Waals surface area contributed by atoms with Crippen molar-refractivity contribution in [2.45, 2.75) is 38.6 Å². The molecular weight excluding hydrogens is 364 g/mol. The second-order valence-electron chi connectivity index (χ2n) is 6.17. The lowest BCUT2D eigenvalue weighted by atomic mass is 10.1. The van der Waals surface area contributed by atoms with Crippen molar-refractivity contribution in [3.63, 3.8) is 0 Å². The second-order valence-corrected chi connectivity index (χ2v) is 8.11. The Morgan fingerprint density at radius 1 is 1.15 bits per heavy atom. The molecule has 0 bridgehead atoms. The van der Waals surface area contributed by atoms with E-state index in [0.29, 0.717) is 18.8 Å². The smallest absolute Gasteiger partial charge is 0.244 e. The van der Waals surface area contributed by atoms with Gasteiger partial charge in [-0.3, -0.25) is 4.79 Å². The van der Waals surface area contributed by atoms with Crippen LogP contribution in [0.1, 0.15) is 43.9 Å². The third kappa shape index (κ3) is 5.30. The van der Waals surface area contributed by atoms with E-state index in [-0.39, 0.29) is 16.8 Å². The standard InChI is InChI=1S/C20H26N2O4S/c1-5-22(6-2)27(24,25)19-12-8-17(9-13-19)16(4)21-20(23)14-11-18-10-7-15(3)26-18/h7-14,16H,5-6H2,1-4H3,(H,21,23)/b14-11+. The number of nitrogens with zero attached hydrogens (tertiary/aromatic N) is 1. The largest absolute Gasteiger partial charge is 0.462 e. The molecule has 0 aliphatic rings. The van der Waals surface area contributed by atoms with Gasteiger partial charge in [0.1, 0.15) is 11.5 Å². The zero-order valence-corrected chi connectivity index (χ0v) is 16.9. The predicted octanol–water partition coefficient (Wildman–Crippen LogP) is 3.51. The minimum absolute atomic E-state index is 0.251. The summed E-state index contributed by atoms with van der Waals surface area (Å²) < 4.78 is 31.8. The van der Waals surface area contributed by atoms with Gasteiger partial charge in [-0.15, -0.1) is 0 Å². The van der Waals surface area contributed by atoms with Crippen LogP contribution >= 0.6 is 0 Å². The van der Waals surface area contributed by atoms with Gasteiger partial charge in [0.2, 0.25) is 15.9 Å². The zero-order chi connectivity index (χ0) is 20.0. The third-order valence-electron chi connectivity index (χ3n) is 4.24. The van der Waals surface area contributed by atoms with Crippen molar-refractivity contribution in [2.24, 2.45) is 0 Å². The Morgan fingerprint density at radius 2 is 1.78 bits per heavy atom. The molecule has 1 aromatic heterocycles. The van der Waals surface area contributed by atoms with Crippen molar-refractivity contribution in [3.8, 4) is 0 Å². The molecule has 2 rings (SSSR count). The highest BCUT2D eigenvalue weighted by molar-refractivity contribution is 7.89. The molecule has 1 heterocycles. The summed E-state index contributed by atoms with van der Waals surface area (Å²) in [5, 5.41) is 2.85. The first-order chi connectivity index (χ1) is 12.8. The van der Waals surface area contributed by atoms with Gasteiger partial charge in [0.05, 0.1) is 10.9 Å². The first-order valence-corrected chi connectivity index (χ1v) is 10.4. The van der Waals surface area contributed by atoms with Gasteiger partial charge in [-0.2, -0.15) is 4.31 Å². The Hall–Kier alpha value is -2.38. The molecule has 1 unspecified atom stereocenters. The van der Waals surface area contributed by atoms with Crippen molar-refractivity contribution >= 4 is 22.0 Å². The van der Waals surface area contributed by atoms with Crippen LogP contribution in [0.25, 0.3) is 6.08 Å². The molecule has 2 aromatic rings. The molecule has 1 atom stereocenters. The maximum Gasteiger partial charge on any atom is 0.244 e. The van der Waals surface area contributed by atoms with E-state index in [0.717, 1.165) is 11.3 Å². The highest BCUT2D eigenvalue weighted by atomic mass is 32.2. The minimum Gasteiger partial charge on any atom is -0.462 e. The van der Waals surface area contributed by atoms with Crippen molar-refractivity contribution in [2.75, 3.05) is 13.1 Å². The van der Waals surface area contributed by atoms with Gasteiger partial charge in [-0.25, -0.2) is 8.42 Å². The Labute approximate surface area is 160 Å². The topological polar surface area (TPSA) is 79.6 Å². The maximum atomic E-state index is 12.5. The SMILES string of the molecule is CCN(CC)S(=O)(=O)c1ccc(C(C)NC(=O)/C=C/c2ccc(C)o2)cc1. The molecule has 146 valence electrons. The van der Waals surface area contributed by atoms with Crippen LogP contribution in [0.3, 0.4) is 0 Å². The number of carbonyl (C=O) groups excluding carboxylic acids is 1. The molecule has 0 spiro atoms. The van der Waals surface area contributed by atoms with Gasteiger partial charge < -0.3 is 9.73 Å². The molecule has 6 nitrogen and oxygen atoms in total. The first-order valence-electron chi connectivity index (χ1n) is 8.93. The van der Waals surface area contributed by atoms with Gasteiger partial charge in [0.15, 0.2) is 0 Å². The molecular formula is C20H26N2O4S. The number of hydrogen-bond donors (Lipinski definition) is 1. The third-order valence-corrected chi connectivity index (χ3v) is 6.31. The molecule has 0 radical (unpaired) electrons. The van der Waals surface area contributed by atoms with Crippen LogP contribution in [0.15, 0.2) is 51.8 Å². The van der Waals surface area contributed by atoms with Crippen LogP contribution in [-0.2, 0) is 14.8 Å². The van der Waals surface area contributed by atoms with E-state index in [4.69, 9.17) is 4.42 Å². The summed E-state index contributed by atoms with van der Waals surface area (Å²) in [6.07, 6.45) is 3.02. The molecule has 0 fully saturated rings. The number of benzene rings is 1. The fourth-order valence-corrected chi connectivity index (χ4v) is 4.14. The average Bonchev–Trinajstić information content (AvgIpc) is 3.06. The van der Waals surface area contributed by atoms with Gasteiger partial charge >= 0.3 is 0 Å². The Kier molecular flexibility index (Phi) is 6.98. The maximum absolute atomic E-state index is 12.5. The first kappa shape index (κ1) is 20.9. The summed E-state index contributed by atoms with van der Waals surface area (Å²) in [4.78, 5) is 12.3. The lowest BCUT2D eigenvalue weighted by Gasteiger charge is -2.19. The predicted molar refractivity (Wildman–Crippen MR) is 106 cm³/mol. The number of rotatable bonds is 8. The summed E-state index contributed by atoms with van der Waals surface area (Å²) in [6, 6.07) is 9.96. The Morgan fingerprint density at radius 3 is 2.30 bits per heavy atom. The summed E-state index contributed by atoms with van der Waals surface area (Å²) in [7, 11) is -3.48. The van der Waals surface area contributed by atoms with Crippen LogP contribution in [-0.4, -0.2) is 31.7 Å². The Balaban J connectivity index is 2.03. The number of amides is 1. The lowest BCUT2D eigenvalue weighted by Crippen LogP contribution is -2.30. The Bertz CT molecular complexity index is 894. The molecule has 0 saturated heterocycles. The summed E-state index contributed by atoms with van der Waals surface area (Å²) in [5.41, 5.74) is 0.823. The molecule has 1 aromatic carbocycles. The van der Waals surface area contributed by atoms with Crippen LogP contribution < -0.4 is 5.32 Å². The van der Waals surface area contributed by atoms with E-state index in [1.54, 1.807) is 36.4 Å². The van der Waals surface area contributed by atoms with Crippen molar-refractivity contribution < 1.29 is 17.6 Å². The monoisotopic (exact) mass is 390 g/mol. The van der Waals surface area contributed by atoms with Crippen molar-refractivity contribution in [1.82, 2.24) is 9.62 Å².